The molecule has 0 saturated heterocycles. The Morgan fingerprint density at radius 1 is 1.42 bits per heavy atom. The van der Waals surface area contributed by atoms with E-state index in [-0.39, 0.29) is 11.9 Å². The van der Waals surface area contributed by atoms with Crippen molar-refractivity contribution in [2.45, 2.75) is 6.54 Å². The first-order valence-corrected chi connectivity index (χ1v) is 4.23. The van der Waals surface area contributed by atoms with Gasteiger partial charge >= 0.3 is 0 Å². The SMILES string of the molecule is [N]SC(=O)NCc1ccccc1. The summed E-state index contributed by atoms with van der Waals surface area (Å²) in [5.74, 6) is 0. The molecule has 1 aromatic carbocycles. The quantitative estimate of drug-likeness (QED) is 0.703. The summed E-state index contributed by atoms with van der Waals surface area (Å²) in [5.41, 5.74) is 1.01. The smallest absolute Gasteiger partial charge is 0.297 e. The molecule has 3 nitrogen and oxygen atoms in total. The first-order valence-electron chi connectivity index (χ1n) is 3.46. The van der Waals surface area contributed by atoms with Crippen molar-refractivity contribution in [3.8, 4) is 0 Å². The molecule has 2 radical (unpaired) electrons. The second-order valence-corrected chi connectivity index (χ2v) is 2.77. The predicted octanol–water partition coefficient (Wildman–Crippen LogP) is 1.61. The minimum Gasteiger partial charge on any atom is -0.342 e. The van der Waals surface area contributed by atoms with Gasteiger partial charge in [0.05, 0.1) is 11.9 Å². The summed E-state index contributed by atoms with van der Waals surface area (Å²) in [6.07, 6.45) is 0. The van der Waals surface area contributed by atoms with E-state index < -0.39 is 5.24 Å². The van der Waals surface area contributed by atoms with Crippen LogP contribution in [-0.2, 0) is 6.54 Å². The molecule has 0 aliphatic heterocycles. The maximum absolute atomic E-state index is 10.6. The Morgan fingerprint density at radius 2 is 2.08 bits per heavy atom. The maximum atomic E-state index is 10.6. The van der Waals surface area contributed by atoms with Crippen LogP contribution in [0.4, 0.5) is 4.79 Å². The van der Waals surface area contributed by atoms with Crippen LogP contribution in [-0.4, -0.2) is 5.24 Å². The molecule has 4 heteroatoms. The van der Waals surface area contributed by atoms with Gasteiger partial charge in [0.2, 0.25) is 0 Å². The minimum atomic E-state index is -0.432. The van der Waals surface area contributed by atoms with Gasteiger partial charge in [0.25, 0.3) is 5.24 Å². The average Bonchev–Trinajstić information content (AvgIpc) is 2.16. The van der Waals surface area contributed by atoms with Gasteiger partial charge in [0.1, 0.15) is 0 Å². The molecule has 62 valence electrons. The summed E-state index contributed by atoms with van der Waals surface area (Å²) in [4.78, 5) is 10.6. The van der Waals surface area contributed by atoms with Gasteiger partial charge in [-0.25, -0.2) is 0 Å². The van der Waals surface area contributed by atoms with Crippen molar-refractivity contribution < 1.29 is 4.79 Å². The highest BCUT2D eigenvalue weighted by Gasteiger charge is 1.97. The Labute approximate surface area is 75.5 Å². The molecule has 0 aromatic heterocycles. The molecule has 1 rings (SSSR count). The molecule has 1 aromatic rings. The summed E-state index contributed by atoms with van der Waals surface area (Å²) in [5, 5.41) is 10.4. The molecule has 12 heavy (non-hydrogen) atoms. The van der Waals surface area contributed by atoms with Crippen molar-refractivity contribution in [1.82, 2.24) is 10.5 Å². The molecular weight excluding hydrogens is 172 g/mol. The van der Waals surface area contributed by atoms with E-state index in [9.17, 15) is 4.79 Å². The number of carbonyl (C=O) groups excluding carboxylic acids is 1. The zero-order valence-electron chi connectivity index (χ0n) is 6.36. The largest absolute Gasteiger partial charge is 0.342 e. The molecule has 0 fully saturated rings. The topological polar surface area (TPSA) is 51.4 Å². The van der Waals surface area contributed by atoms with Crippen LogP contribution in [0.3, 0.4) is 0 Å². The number of rotatable bonds is 2. The van der Waals surface area contributed by atoms with Crippen LogP contribution in [0.5, 0.6) is 0 Å². The highest BCUT2D eigenvalue weighted by molar-refractivity contribution is 8.11. The van der Waals surface area contributed by atoms with Crippen molar-refractivity contribution in [3.63, 3.8) is 0 Å². The van der Waals surface area contributed by atoms with Gasteiger partial charge in [-0.05, 0) is 5.56 Å². The minimum absolute atomic E-state index is 0.194. The Balaban J connectivity index is 2.38. The Morgan fingerprint density at radius 3 is 2.67 bits per heavy atom. The fourth-order valence-corrected chi connectivity index (χ4v) is 0.939. The van der Waals surface area contributed by atoms with Gasteiger partial charge in [-0.2, -0.15) is 0 Å². The Kier molecular flexibility index (Phi) is 3.63. The van der Waals surface area contributed by atoms with E-state index in [0.717, 1.165) is 5.56 Å². The Hall–Kier alpha value is -1.00. The van der Waals surface area contributed by atoms with Crippen molar-refractivity contribution in [2.75, 3.05) is 0 Å². The van der Waals surface area contributed by atoms with Gasteiger partial charge in [-0.15, -0.1) is 0 Å². The van der Waals surface area contributed by atoms with E-state index in [0.29, 0.717) is 6.54 Å². The molecule has 0 atom stereocenters. The lowest BCUT2D eigenvalue weighted by Gasteiger charge is -2.00. The number of carbonyl (C=O) groups is 1. The highest BCUT2D eigenvalue weighted by Crippen LogP contribution is 1.99. The molecular formula is C8H8N2OS. The van der Waals surface area contributed by atoms with Crippen LogP contribution in [0.1, 0.15) is 5.56 Å². The highest BCUT2D eigenvalue weighted by atomic mass is 32.2. The zero-order valence-corrected chi connectivity index (χ0v) is 7.17. The van der Waals surface area contributed by atoms with Gasteiger partial charge in [-0.3, -0.25) is 4.79 Å². The molecule has 1 amide bonds. The molecule has 0 aliphatic carbocycles. The number of hydrogen-bond donors (Lipinski definition) is 1. The number of benzene rings is 1. The summed E-state index contributed by atoms with van der Waals surface area (Å²) in [6.45, 7) is 0.452. The third-order valence-electron chi connectivity index (χ3n) is 1.36. The van der Waals surface area contributed by atoms with Gasteiger partial charge in [0, 0.05) is 6.54 Å². The van der Waals surface area contributed by atoms with E-state index in [4.69, 9.17) is 5.14 Å². The van der Waals surface area contributed by atoms with E-state index in [1.54, 1.807) is 0 Å². The lowest BCUT2D eigenvalue weighted by molar-refractivity contribution is 0.260. The zero-order chi connectivity index (χ0) is 8.81. The molecule has 0 spiro atoms. The summed E-state index contributed by atoms with van der Waals surface area (Å²) in [6, 6.07) is 9.51. The lowest BCUT2D eigenvalue weighted by Crippen LogP contribution is -2.17. The van der Waals surface area contributed by atoms with E-state index in [1.807, 2.05) is 30.3 Å². The van der Waals surface area contributed by atoms with Crippen LogP contribution in [0.15, 0.2) is 30.3 Å². The fourth-order valence-electron chi connectivity index (χ4n) is 0.802. The molecule has 0 aliphatic rings. The molecule has 0 unspecified atom stereocenters. The third kappa shape index (κ3) is 2.94. The standard InChI is InChI=1S/C8H8N2OS/c9-12-8(11)10-6-7-4-2-1-3-5-7/h1-5H,6H2,(H,10,11). The van der Waals surface area contributed by atoms with Crippen LogP contribution in [0, 0.1) is 0 Å². The summed E-state index contributed by atoms with van der Waals surface area (Å²) < 4.78 is 0. The number of nitrogens with one attached hydrogen (secondary N) is 1. The van der Waals surface area contributed by atoms with Gasteiger partial charge in [0.15, 0.2) is 0 Å². The van der Waals surface area contributed by atoms with Crippen LogP contribution in [0.25, 0.3) is 0 Å². The second kappa shape index (κ2) is 4.79. The second-order valence-electron chi connectivity index (χ2n) is 2.22. The maximum Gasteiger partial charge on any atom is 0.297 e. The molecule has 1 N–H and O–H groups in total. The first kappa shape index (κ1) is 9.09. The van der Waals surface area contributed by atoms with Crippen molar-refractivity contribution in [2.24, 2.45) is 0 Å². The monoisotopic (exact) mass is 180 g/mol. The van der Waals surface area contributed by atoms with Crippen LogP contribution >= 0.6 is 11.9 Å². The van der Waals surface area contributed by atoms with E-state index in [1.165, 1.54) is 0 Å². The van der Waals surface area contributed by atoms with Gasteiger partial charge < -0.3 is 5.32 Å². The summed E-state index contributed by atoms with van der Waals surface area (Å²) >= 11 is 0.194. The van der Waals surface area contributed by atoms with Crippen molar-refractivity contribution in [1.29, 1.82) is 0 Å². The van der Waals surface area contributed by atoms with Crippen LogP contribution < -0.4 is 10.5 Å². The first-order chi connectivity index (χ1) is 5.83. The lowest BCUT2D eigenvalue weighted by atomic mass is 10.2. The molecule has 0 saturated carbocycles. The summed E-state index contributed by atoms with van der Waals surface area (Å²) in [7, 11) is 0. The van der Waals surface area contributed by atoms with E-state index >= 15 is 0 Å². The molecule has 0 bridgehead atoms. The third-order valence-corrected chi connectivity index (χ3v) is 1.67. The van der Waals surface area contributed by atoms with Crippen LogP contribution in [0.2, 0.25) is 0 Å². The van der Waals surface area contributed by atoms with E-state index in [2.05, 4.69) is 5.32 Å². The Bertz CT molecular complexity index is 250. The number of amides is 1. The molecule has 0 heterocycles. The number of hydrogen-bond acceptors (Lipinski definition) is 2. The van der Waals surface area contributed by atoms with Crippen molar-refractivity contribution >= 4 is 17.2 Å². The normalized spacial score (nSPS) is 9.42. The fraction of sp³-hybridized carbons (Fsp3) is 0.125. The van der Waals surface area contributed by atoms with Gasteiger partial charge in [-0.1, -0.05) is 35.5 Å². The van der Waals surface area contributed by atoms with Crippen molar-refractivity contribution in [3.05, 3.63) is 35.9 Å². The predicted molar refractivity (Wildman–Crippen MR) is 48.4 cm³/mol. The average molecular weight is 180 g/mol. The number of nitrogens with zero attached hydrogens (tertiary/aromatic N) is 1.